The largest absolute Gasteiger partial charge is 0.461 e. The number of aromatic nitrogens is 3. The van der Waals surface area contributed by atoms with Gasteiger partial charge < -0.3 is 4.74 Å². The SMILES string of the molecule is CCOC(=O)c1nnn(CCS(=O)(=O)CC)c1C(F)(F)F. The van der Waals surface area contributed by atoms with Crippen LogP contribution in [0.5, 0.6) is 0 Å². The van der Waals surface area contributed by atoms with Crippen LogP contribution in [0.3, 0.4) is 0 Å². The Kier molecular flexibility index (Phi) is 5.31. The van der Waals surface area contributed by atoms with Crippen LogP contribution < -0.4 is 0 Å². The van der Waals surface area contributed by atoms with Crippen molar-refractivity contribution in [2.75, 3.05) is 18.1 Å². The highest BCUT2D eigenvalue weighted by atomic mass is 32.2. The lowest BCUT2D eigenvalue weighted by molar-refractivity contribution is -0.144. The molecule has 0 saturated heterocycles. The molecule has 0 atom stereocenters. The third-order valence-corrected chi connectivity index (χ3v) is 4.21. The van der Waals surface area contributed by atoms with Gasteiger partial charge in [-0.05, 0) is 6.92 Å². The van der Waals surface area contributed by atoms with Crippen LogP contribution in [0.4, 0.5) is 13.2 Å². The van der Waals surface area contributed by atoms with Crippen molar-refractivity contribution in [2.24, 2.45) is 0 Å². The highest BCUT2D eigenvalue weighted by Gasteiger charge is 2.42. The van der Waals surface area contributed by atoms with Crippen molar-refractivity contribution in [3.63, 3.8) is 0 Å². The summed E-state index contributed by atoms with van der Waals surface area (Å²) in [5, 5.41) is 6.36. The number of ether oxygens (including phenoxy) is 1. The number of hydrogen-bond donors (Lipinski definition) is 0. The molecule has 0 aliphatic carbocycles. The number of nitrogens with zero attached hydrogens (tertiary/aromatic N) is 3. The van der Waals surface area contributed by atoms with Gasteiger partial charge in [0.15, 0.2) is 15.5 Å². The predicted octanol–water partition coefficient (Wildman–Crippen LogP) is 0.908. The highest BCUT2D eigenvalue weighted by Crippen LogP contribution is 2.31. The molecule has 21 heavy (non-hydrogen) atoms. The minimum absolute atomic E-state index is 0.118. The zero-order valence-electron chi connectivity index (χ0n) is 11.3. The van der Waals surface area contributed by atoms with Gasteiger partial charge in [0.1, 0.15) is 0 Å². The number of hydrogen-bond acceptors (Lipinski definition) is 6. The molecule has 0 saturated carbocycles. The van der Waals surface area contributed by atoms with E-state index in [9.17, 15) is 26.4 Å². The zero-order chi connectivity index (χ0) is 16.3. The summed E-state index contributed by atoms with van der Waals surface area (Å²) in [7, 11) is -3.47. The third-order valence-electron chi connectivity index (χ3n) is 2.53. The smallest absolute Gasteiger partial charge is 0.435 e. The number of carbonyl (C=O) groups excluding carboxylic acids is 1. The van der Waals surface area contributed by atoms with E-state index in [0.29, 0.717) is 4.68 Å². The fourth-order valence-corrected chi connectivity index (χ4v) is 2.20. The fraction of sp³-hybridized carbons (Fsp3) is 0.700. The molecule has 1 rings (SSSR count). The Hall–Kier alpha value is -1.65. The molecule has 0 fully saturated rings. The van der Waals surface area contributed by atoms with E-state index in [2.05, 4.69) is 15.0 Å². The maximum atomic E-state index is 13.0. The van der Waals surface area contributed by atoms with E-state index in [-0.39, 0.29) is 12.4 Å². The van der Waals surface area contributed by atoms with E-state index in [1.807, 2.05) is 0 Å². The Balaban J connectivity index is 3.14. The van der Waals surface area contributed by atoms with Crippen LogP contribution in [0, 0.1) is 0 Å². The van der Waals surface area contributed by atoms with Crippen molar-refractivity contribution in [2.45, 2.75) is 26.6 Å². The minimum Gasteiger partial charge on any atom is -0.461 e. The summed E-state index contributed by atoms with van der Waals surface area (Å²) in [5.74, 6) is -1.99. The minimum atomic E-state index is -4.90. The highest BCUT2D eigenvalue weighted by molar-refractivity contribution is 7.91. The van der Waals surface area contributed by atoms with Crippen molar-refractivity contribution in [3.05, 3.63) is 11.4 Å². The molecule has 120 valence electrons. The Morgan fingerprint density at radius 3 is 2.43 bits per heavy atom. The van der Waals surface area contributed by atoms with Gasteiger partial charge in [-0.2, -0.15) is 13.2 Å². The molecule has 0 unspecified atom stereocenters. The lowest BCUT2D eigenvalue weighted by Gasteiger charge is -2.10. The third kappa shape index (κ3) is 4.41. The first-order valence-corrected chi connectivity index (χ1v) is 7.82. The van der Waals surface area contributed by atoms with Gasteiger partial charge in [0.2, 0.25) is 5.69 Å². The molecule has 0 N–H and O–H groups in total. The average Bonchev–Trinajstić information content (AvgIpc) is 2.81. The van der Waals surface area contributed by atoms with Gasteiger partial charge in [-0.1, -0.05) is 12.1 Å². The first kappa shape index (κ1) is 17.4. The van der Waals surface area contributed by atoms with Gasteiger partial charge in [-0.15, -0.1) is 5.10 Å². The Bertz CT molecular complexity index is 610. The van der Waals surface area contributed by atoms with Crippen molar-refractivity contribution in [3.8, 4) is 0 Å². The quantitative estimate of drug-likeness (QED) is 0.721. The number of sulfone groups is 1. The van der Waals surface area contributed by atoms with E-state index >= 15 is 0 Å². The maximum absolute atomic E-state index is 13.0. The monoisotopic (exact) mass is 329 g/mol. The number of halogens is 3. The Labute approximate surface area is 119 Å². The van der Waals surface area contributed by atoms with E-state index in [0.717, 1.165) is 0 Å². The zero-order valence-corrected chi connectivity index (χ0v) is 12.2. The molecule has 0 radical (unpaired) electrons. The molecule has 7 nitrogen and oxygen atoms in total. The first-order chi connectivity index (χ1) is 9.62. The summed E-state index contributed by atoms with van der Waals surface area (Å²) < 4.78 is 66.5. The predicted molar refractivity (Wildman–Crippen MR) is 65.3 cm³/mol. The van der Waals surface area contributed by atoms with Gasteiger partial charge >= 0.3 is 12.1 Å². The second kappa shape index (κ2) is 6.41. The normalized spacial score (nSPS) is 12.4. The number of carbonyl (C=O) groups is 1. The molecule has 0 bridgehead atoms. The van der Waals surface area contributed by atoms with Crippen LogP contribution in [0.2, 0.25) is 0 Å². The van der Waals surface area contributed by atoms with Crippen LogP contribution in [0.15, 0.2) is 0 Å². The summed E-state index contributed by atoms with van der Waals surface area (Å²) in [5.41, 5.74) is -2.38. The lowest BCUT2D eigenvalue weighted by Crippen LogP contribution is -2.22. The molecule has 0 amide bonds. The summed E-state index contributed by atoms with van der Waals surface area (Å²) >= 11 is 0. The molecule has 0 aromatic carbocycles. The summed E-state index contributed by atoms with van der Waals surface area (Å²) in [6.45, 7) is 2.15. The first-order valence-electron chi connectivity index (χ1n) is 6.00. The van der Waals surface area contributed by atoms with Crippen LogP contribution in [0.25, 0.3) is 0 Å². The van der Waals surface area contributed by atoms with Crippen molar-refractivity contribution < 1.29 is 31.1 Å². The van der Waals surface area contributed by atoms with Crippen molar-refractivity contribution in [1.29, 1.82) is 0 Å². The molecule has 11 heteroatoms. The van der Waals surface area contributed by atoms with Gasteiger partial charge in [0.25, 0.3) is 0 Å². The number of aryl methyl sites for hydroxylation is 1. The molecule has 0 aliphatic heterocycles. The Morgan fingerprint density at radius 2 is 1.95 bits per heavy atom. The average molecular weight is 329 g/mol. The van der Waals surface area contributed by atoms with E-state index in [4.69, 9.17) is 0 Å². The van der Waals surface area contributed by atoms with Gasteiger partial charge in [-0.3, -0.25) is 0 Å². The van der Waals surface area contributed by atoms with Crippen LogP contribution >= 0.6 is 0 Å². The summed E-state index contributed by atoms with van der Waals surface area (Å²) in [4.78, 5) is 11.4. The van der Waals surface area contributed by atoms with E-state index < -0.39 is 45.7 Å². The second-order valence-electron chi connectivity index (χ2n) is 3.96. The van der Waals surface area contributed by atoms with Gasteiger partial charge in [-0.25, -0.2) is 17.9 Å². The van der Waals surface area contributed by atoms with Crippen molar-refractivity contribution in [1.82, 2.24) is 15.0 Å². The van der Waals surface area contributed by atoms with E-state index in [1.54, 1.807) is 0 Å². The van der Waals surface area contributed by atoms with Crippen LogP contribution in [-0.4, -0.2) is 47.5 Å². The number of esters is 1. The Morgan fingerprint density at radius 1 is 1.33 bits per heavy atom. The summed E-state index contributed by atoms with van der Waals surface area (Å²) in [6, 6.07) is 0. The molecular weight excluding hydrogens is 315 g/mol. The summed E-state index contributed by atoms with van der Waals surface area (Å²) in [6.07, 6.45) is -4.90. The molecule has 1 heterocycles. The van der Waals surface area contributed by atoms with E-state index in [1.165, 1.54) is 13.8 Å². The molecule has 0 spiro atoms. The standard InChI is InChI=1S/C10H14F3N3O4S/c1-3-20-9(17)7-8(10(11,12)13)16(15-14-7)5-6-21(18,19)4-2/h3-6H2,1-2H3. The number of rotatable bonds is 6. The topological polar surface area (TPSA) is 91.2 Å². The van der Waals surface area contributed by atoms with Crippen molar-refractivity contribution >= 4 is 15.8 Å². The van der Waals surface area contributed by atoms with Crippen LogP contribution in [0.1, 0.15) is 30.0 Å². The number of alkyl halides is 3. The lowest BCUT2D eigenvalue weighted by atomic mass is 10.3. The maximum Gasteiger partial charge on any atom is 0.435 e. The van der Waals surface area contributed by atoms with Crippen LogP contribution in [-0.2, 0) is 27.3 Å². The second-order valence-corrected chi connectivity index (χ2v) is 6.44. The van der Waals surface area contributed by atoms with Gasteiger partial charge in [0, 0.05) is 5.75 Å². The fourth-order valence-electron chi connectivity index (χ4n) is 1.46. The molecule has 0 aliphatic rings. The molecule has 1 aromatic rings. The molecule has 1 aromatic heterocycles. The van der Waals surface area contributed by atoms with Gasteiger partial charge in [0.05, 0.1) is 18.9 Å². The molecular formula is C10H14F3N3O4S.